The fraction of sp³-hybridized carbons (Fsp3) is 0.455. The van der Waals surface area contributed by atoms with Crippen LogP contribution in [0.2, 0.25) is 0 Å². The Kier molecular flexibility index (Phi) is 4.57. The number of nitrogens with two attached hydrogens (primary N) is 1. The highest BCUT2D eigenvalue weighted by Crippen LogP contribution is 2.27. The summed E-state index contributed by atoms with van der Waals surface area (Å²) in [5.74, 6) is 0. The lowest BCUT2D eigenvalue weighted by Crippen LogP contribution is -2.23. The van der Waals surface area contributed by atoms with Crippen LogP contribution in [0.15, 0.2) is 22.7 Å². The molecule has 1 aromatic rings. The van der Waals surface area contributed by atoms with Crippen molar-refractivity contribution in [3.05, 3.63) is 28.2 Å². The molecule has 84 valence electrons. The van der Waals surface area contributed by atoms with Crippen LogP contribution in [0.4, 0.5) is 5.69 Å². The van der Waals surface area contributed by atoms with Gasteiger partial charge in [-0.15, -0.1) is 0 Å². The Morgan fingerprint density at radius 3 is 2.80 bits per heavy atom. The molecule has 2 atom stereocenters. The summed E-state index contributed by atoms with van der Waals surface area (Å²) in [5, 5.41) is 13.1. The summed E-state index contributed by atoms with van der Waals surface area (Å²) >= 11 is 3.37. The number of halogens is 1. The van der Waals surface area contributed by atoms with E-state index in [-0.39, 0.29) is 6.04 Å². The van der Waals surface area contributed by atoms with Crippen LogP contribution in [0.3, 0.4) is 0 Å². The van der Waals surface area contributed by atoms with Crippen LogP contribution in [0, 0.1) is 0 Å². The molecule has 0 radical (unpaired) electrons. The van der Waals surface area contributed by atoms with Crippen molar-refractivity contribution in [2.75, 3.05) is 12.8 Å². The van der Waals surface area contributed by atoms with Gasteiger partial charge < -0.3 is 16.2 Å². The maximum Gasteiger partial charge on any atom is 0.0825 e. The summed E-state index contributed by atoms with van der Waals surface area (Å²) < 4.78 is 0.933. The minimum atomic E-state index is -0.523. The fourth-order valence-corrected chi connectivity index (χ4v) is 1.79. The van der Waals surface area contributed by atoms with Crippen molar-refractivity contribution in [3.8, 4) is 0 Å². The van der Waals surface area contributed by atoms with Gasteiger partial charge in [-0.2, -0.15) is 0 Å². The molecule has 4 N–H and O–H groups in total. The topological polar surface area (TPSA) is 58.3 Å². The lowest BCUT2D eigenvalue weighted by molar-refractivity contribution is 0.156. The number of nitrogen functional groups attached to an aromatic ring is 1. The van der Waals surface area contributed by atoms with Gasteiger partial charge in [0.05, 0.1) is 6.10 Å². The predicted molar refractivity (Wildman–Crippen MR) is 66.7 cm³/mol. The second kappa shape index (κ2) is 5.49. The zero-order valence-electron chi connectivity index (χ0n) is 9.00. The maximum atomic E-state index is 9.99. The molecule has 0 aliphatic rings. The summed E-state index contributed by atoms with van der Waals surface area (Å²) in [7, 11) is 1.88. The van der Waals surface area contributed by atoms with Crippen molar-refractivity contribution < 1.29 is 5.11 Å². The van der Waals surface area contributed by atoms with E-state index in [1.165, 1.54) is 0 Å². The Morgan fingerprint density at radius 2 is 2.20 bits per heavy atom. The average molecular weight is 273 g/mol. The van der Waals surface area contributed by atoms with Gasteiger partial charge in [-0.1, -0.05) is 15.9 Å². The molecular weight excluding hydrogens is 256 g/mol. The Morgan fingerprint density at radius 1 is 1.53 bits per heavy atom. The quantitative estimate of drug-likeness (QED) is 0.736. The Balaban J connectivity index is 2.80. The van der Waals surface area contributed by atoms with Crippen LogP contribution in [0.25, 0.3) is 0 Å². The molecule has 3 nitrogen and oxygen atoms in total. The SMILES string of the molecule is CNC(C)CC(O)c1cc(Br)ccc1N. The molecule has 2 unspecified atom stereocenters. The van der Waals surface area contributed by atoms with E-state index in [1.54, 1.807) is 6.07 Å². The lowest BCUT2D eigenvalue weighted by Gasteiger charge is -2.17. The molecular formula is C11H17BrN2O. The molecule has 0 aromatic heterocycles. The van der Waals surface area contributed by atoms with Gasteiger partial charge in [0.1, 0.15) is 0 Å². The Labute approximate surface area is 98.8 Å². The van der Waals surface area contributed by atoms with Gasteiger partial charge >= 0.3 is 0 Å². The second-order valence-corrected chi connectivity index (χ2v) is 4.63. The highest BCUT2D eigenvalue weighted by molar-refractivity contribution is 9.10. The second-order valence-electron chi connectivity index (χ2n) is 3.71. The molecule has 0 bridgehead atoms. The monoisotopic (exact) mass is 272 g/mol. The van der Waals surface area contributed by atoms with Crippen molar-refractivity contribution in [2.45, 2.75) is 25.5 Å². The summed E-state index contributed by atoms with van der Waals surface area (Å²) in [4.78, 5) is 0. The van der Waals surface area contributed by atoms with E-state index in [1.807, 2.05) is 26.1 Å². The number of aliphatic hydroxyl groups excluding tert-OH is 1. The standard InChI is InChI=1S/C11H17BrN2O/c1-7(14-2)5-11(15)9-6-8(12)3-4-10(9)13/h3-4,6-7,11,14-15H,5,13H2,1-2H3. The normalized spacial score (nSPS) is 14.9. The van der Waals surface area contributed by atoms with Crippen LogP contribution < -0.4 is 11.1 Å². The van der Waals surface area contributed by atoms with Gasteiger partial charge in [0.25, 0.3) is 0 Å². The maximum absolute atomic E-state index is 9.99. The van der Waals surface area contributed by atoms with Crippen LogP contribution in [0.5, 0.6) is 0 Å². The van der Waals surface area contributed by atoms with Gasteiger partial charge in [-0.3, -0.25) is 0 Å². The van der Waals surface area contributed by atoms with Gasteiger partial charge in [-0.05, 0) is 38.6 Å². The van der Waals surface area contributed by atoms with Crippen molar-refractivity contribution in [3.63, 3.8) is 0 Å². The summed E-state index contributed by atoms with van der Waals surface area (Å²) in [6.45, 7) is 2.03. The number of aliphatic hydroxyl groups is 1. The number of hydrogen-bond donors (Lipinski definition) is 3. The molecule has 1 rings (SSSR count). The van der Waals surface area contributed by atoms with Crippen LogP contribution in [0.1, 0.15) is 25.0 Å². The number of nitrogens with one attached hydrogen (secondary N) is 1. The van der Waals surface area contributed by atoms with E-state index in [2.05, 4.69) is 21.2 Å². The number of hydrogen-bond acceptors (Lipinski definition) is 3. The van der Waals surface area contributed by atoms with Crippen molar-refractivity contribution in [1.29, 1.82) is 0 Å². The van der Waals surface area contributed by atoms with Crippen molar-refractivity contribution >= 4 is 21.6 Å². The number of rotatable bonds is 4. The third-order valence-electron chi connectivity index (χ3n) is 2.48. The molecule has 0 spiro atoms. The molecule has 0 aliphatic heterocycles. The summed E-state index contributed by atoms with van der Waals surface area (Å²) in [6, 6.07) is 5.79. The number of anilines is 1. The molecule has 4 heteroatoms. The highest BCUT2D eigenvalue weighted by Gasteiger charge is 2.14. The summed E-state index contributed by atoms with van der Waals surface area (Å²) in [5.41, 5.74) is 7.22. The van der Waals surface area contributed by atoms with Gasteiger partial charge in [-0.25, -0.2) is 0 Å². The molecule has 0 saturated heterocycles. The zero-order chi connectivity index (χ0) is 11.4. The van der Waals surface area contributed by atoms with E-state index < -0.39 is 6.10 Å². The first kappa shape index (κ1) is 12.5. The molecule has 0 amide bonds. The first-order valence-corrected chi connectivity index (χ1v) is 5.74. The van der Waals surface area contributed by atoms with Gasteiger partial charge in [0, 0.05) is 21.8 Å². The minimum absolute atomic E-state index is 0.262. The third kappa shape index (κ3) is 3.48. The van der Waals surface area contributed by atoms with Crippen LogP contribution in [-0.4, -0.2) is 18.2 Å². The molecule has 0 heterocycles. The van der Waals surface area contributed by atoms with Crippen molar-refractivity contribution in [1.82, 2.24) is 5.32 Å². The van der Waals surface area contributed by atoms with E-state index >= 15 is 0 Å². The van der Waals surface area contributed by atoms with Crippen LogP contribution in [-0.2, 0) is 0 Å². The lowest BCUT2D eigenvalue weighted by atomic mass is 10.0. The summed E-state index contributed by atoms with van der Waals surface area (Å²) in [6.07, 6.45) is 0.127. The fourth-order valence-electron chi connectivity index (χ4n) is 1.41. The Hall–Kier alpha value is -0.580. The molecule has 0 aliphatic carbocycles. The van der Waals surface area contributed by atoms with E-state index in [0.717, 1.165) is 10.0 Å². The average Bonchev–Trinajstić information content (AvgIpc) is 2.21. The van der Waals surface area contributed by atoms with E-state index in [4.69, 9.17) is 5.73 Å². The first-order valence-electron chi connectivity index (χ1n) is 4.95. The van der Waals surface area contributed by atoms with Gasteiger partial charge in [0.2, 0.25) is 0 Å². The largest absolute Gasteiger partial charge is 0.398 e. The Bertz CT molecular complexity index is 330. The van der Waals surface area contributed by atoms with Crippen LogP contribution >= 0.6 is 15.9 Å². The smallest absolute Gasteiger partial charge is 0.0825 e. The molecule has 0 saturated carbocycles. The van der Waals surface area contributed by atoms with E-state index in [9.17, 15) is 5.11 Å². The van der Waals surface area contributed by atoms with Gasteiger partial charge in [0.15, 0.2) is 0 Å². The minimum Gasteiger partial charge on any atom is -0.398 e. The first-order chi connectivity index (χ1) is 7.04. The predicted octanol–water partition coefficient (Wildman–Crippen LogP) is 2.06. The third-order valence-corrected chi connectivity index (χ3v) is 2.97. The number of benzene rings is 1. The molecule has 0 fully saturated rings. The van der Waals surface area contributed by atoms with Crippen molar-refractivity contribution in [2.24, 2.45) is 0 Å². The highest BCUT2D eigenvalue weighted by atomic mass is 79.9. The van der Waals surface area contributed by atoms with E-state index in [0.29, 0.717) is 12.1 Å². The zero-order valence-corrected chi connectivity index (χ0v) is 10.6. The molecule has 15 heavy (non-hydrogen) atoms. The molecule has 1 aromatic carbocycles.